The SMILES string of the molecule is CCOc1cc(C(=O)NC(=S)n2nc(NC(=O)c3cc(OCC)c(OCC)c(OCC)c3)n3c(C)cc(=O)nc23)cc(OCC)c1OCC. The zero-order valence-electron chi connectivity index (χ0n) is 28.5. The van der Waals surface area contributed by atoms with Gasteiger partial charge >= 0.3 is 0 Å². The van der Waals surface area contributed by atoms with Crippen LogP contribution in [0.5, 0.6) is 34.5 Å². The van der Waals surface area contributed by atoms with E-state index in [0.29, 0.717) is 79.8 Å². The molecular formula is C33H40N6O9S. The predicted molar refractivity (Wildman–Crippen MR) is 185 cm³/mol. The highest BCUT2D eigenvalue weighted by Gasteiger charge is 2.24. The third kappa shape index (κ3) is 8.20. The highest BCUT2D eigenvalue weighted by atomic mass is 32.1. The number of hydrogen-bond acceptors (Lipinski definition) is 12. The summed E-state index contributed by atoms with van der Waals surface area (Å²) in [4.78, 5) is 43.7. The van der Waals surface area contributed by atoms with Gasteiger partial charge in [-0.15, -0.1) is 5.10 Å². The summed E-state index contributed by atoms with van der Waals surface area (Å²) in [6.07, 6.45) is 0. The summed E-state index contributed by atoms with van der Waals surface area (Å²) >= 11 is 5.56. The molecule has 16 heteroatoms. The van der Waals surface area contributed by atoms with E-state index in [2.05, 4.69) is 20.7 Å². The van der Waals surface area contributed by atoms with Crippen LogP contribution in [0.15, 0.2) is 35.1 Å². The van der Waals surface area contributed by atoms with E-state index in [4.69, 9.17) is 40.6 Å². The molecule has 49 heavy (non-hydrogen) atoms. The van der Waals surface area contributed by atoms with Gasteiger partial charge in [0.15, 0.2) is 23.0 Å². The Bertz CT molecular complexity index is 1850. The van der Waals surface area contributed by atoms with E-state index < -0.39 is 17.4 Å². The molecule has 0 saturated heterocycles. The molecule has 4 rings (SSSR count). The van der Waals surface area contributed by atoms with E-state index >= 15 is 0 Å². The van der Waals surface area contributed by atoms with E-state index in [9.17, 15) is 14.4 Å². The largest absolute Gasteiger partial charge is 0.490 e. The molecule has 0 aliphatic carbocycles. The van der Waals surface area contributed by atoms with Gasteiger partial charge in [-0.25, -0.2) is 0 Å². The first-order valence-corrected chi connectivity index (χ1v) is 16.3. The van der Waals surface area contributed by atoms with Crippen molar-refractivity contribution >= 4 is 40.9 Å². The number of amides is 2. The fourth-order valence-electron chi connectivity index (χ4n) is 4.82. The minimum Gasteiger partial charge on any atom is -0.490 e. The number of fused-ring (bicyclic) bond motifs is 1. The Kier molecular flexibility index (Phi) is 12.4. The maximum Gasteiger partial charge on any atom is 0.274 e. The Morgan fingerprint density at radius 1 is 0.694 bits per heavy atom. The van der Waals surface area contributed by atoms with Gasteiger partial charge in [-0.3, -0.25) is 29.4 Å². The quantitative estimate of drug-likeness (QED) is 0.169. The number of aryl methyl sites for hydroxylation is 1. The summed E-state index contributed by atoms with van der Waals surface area (Å²) in [7, 11) is 0. The fourth-order valence-corrected chi connectivity index (χ4v) is 5.04. The van der Waals surface area contributed by atoms with Crippen LogP contribution in [-0.2, 0) is 0 Å². The number of aromatic nitrogens is 4. The van der Waals surface area contributed by atoms with Crippen LogP contribution >= 0.6 is 12.2 Å². The molecule has 2 amide bonds. The van der Waals surface area contributed by atoms with Crippen LogP contribution in [-0.4, -0.2) is 75.7 Å². The van der Waals surface area contributed by atoms with E-state index in [0.717, 1.165) is 4.68 Å². The average molecular weight is 697 g/mol. The highest BCUT2D eigenvalue weighted by molar-refractivity contribution is 7.80. The second kappa shape index (κ2) is 16.6. The molecule has 0 atom stereocenters. The lowest BCUT2D eigenvalue weighted by atomic mass is 10.1. The summed E-state index contributed by atoms with van der Waals surface area (Å²) in [5.74, 6) is 0.784. The minimum atomic E-state index is -0.620. The summed E-state index contributed by atoms with van der Waals surface area (Å²) in [6.45, 7) is 14.5. The average Bonchev–Trinajstić information content (AvgIpc) is 3.42. The second-order valence-corrected chi connectivity index (χ2v) is 10.4. The van der Waals surface area contributed by atoms with Crippen molar-refractivity contribution in [2.24, 2.45) is 0 Å². The molecule has 0 aliphatic heterocycles. The molecule has 0 saturated carbocycles. The maximum atomic E-state index is 13.7. The number of hydrogen-bond donors (Lipinski definition) is 2. The van der Waals surface area contributed by atoms with Crippen LogP contribution in [0.1, 0.15) is 68.0 Å². The number of thiocarbonyl (C=S) groups is 1. The first kappa shape index (κ1) is 36.5. The van der Waals surface area contributed by atoms with E-state index in [1.54, 1.807) is 20.8 Å². The number of carbonyl (C=O) groups is 2. The van der Waals surface area contributed by atoms with E-state index in [-0.39, 0.29) is 28.0 Å². The number of nitrogens with one attached hydrogen (secondary N) is 2. The molecule has 0 fully saturated rings. The van der Waals surface area contributed by atoms with Gasteiger partial charge in [-0.1, -0.05) is 0 Å². The molecule has 0 radical (unpaired) electrons. The van der Waals surface area contributed by atoms with Crippen LogP contribution < -0.4 is 44.6 Å². The molecule has 4 aromatic rings. The molecular weight excluding hydrogens is 656 g/mol. The molecule has 2 heterocycles. The molecule has 2 N–H and O–H groups in total. The smallest absolute Gasteiger partial charge is 0.274 e. The van der Waals surface area contributed by atoms with Gasteiger partial charge in [0.05, 0.1) is 39.6 Å². The highest BCUT2D eigenvalue weighted by Crippen LogP contribution is 2.40. The molecule has 2 aromatic heterocycles. The molecule has 262 valence electrons. The van der Waals surface area contributed by atoms with Crippen molar-refractivity contribution in [3.8, 4) is 34.5 Å². The normalized spacial score (nSPS) is 10.8. The van der Waals surface area contributed by atoms with Crippen molar-refractivity contribution in [2.45, 2.75) is 48.5 Å². The van der Waals surface area contributed by atoms with E-state index in [1.807, 2.05) is 27.7 Å². The van der Waals surface area contributed by atoms with Gasteiger partial charge in [0.25, 0.3) is 17.4 Å². The Hall–Kier alpha value is -5.38. The Balaban J connectivity index is 1.72. The van der Waals surface area contributed by atoms with Crippen molar-refractivity contribution in [1.29, 1.82) is 0 Å². The summed E-state index contributed by atoms with van der Waals surface area (Å²) in [5, 5.41) is 9.59. The van der Waals surface area contributed by atoms with Crippen molar-refractivity contribution in [1.82, 2.24) is 24.5 Å². The van der Waals surface area contributed by atoms with E-state index in [1.165, 1.54) is 34.7 Å². The lowest BCUT2D eigenvalue weighted by molar-refractivity contribution is 0.0973. The Morgan fingerprint density at radius 3 is 1.55 bits per heavy atom. The Labute approximate surface area is 288 Å². The number of ether oxygens (including phenoxy) is 6. The monoisotopic (exact) mass is 696 g/mol. The van der Waals surface area contributed by atoms with Crippen molar-refractivity contribution in [3.05, 3.63) is 57.5 Å². The van der Waals surface area contributed by atoms with Gasteiger partial charge in [-0.2, -0.15) is 9.67 Å². The molecule has 2 aromatic carbocycles. The van der Waals surface area contributed by atoms with Crippen molar-refractivity contribution in [2.75, 3.05) is 45.0 Å². The Morgan fingerprint density at radius 2 is 1.12 bits per heavy atom. The van der Waals surface area contributed by atoms with Gasteiger partial charge in [-0.05, 0) is 84.9 Å². The first-order valence-electron chi connectivity index (χ1n) is 15.9. The first-order chi connectivity index (χ1) is 23.6. The van der Waals surface area contributed by atoms with Crippen LogP contribution in [0.3, 0.4) is 0 Å². The lowest BCUT2D eigenvalue weighted by Gasteiger charge is -2.17. The molecule has 0 bridgehead atoms. The fraction of sp³-hybridized carbons (Fsp3) is 0.394. The van der Waals surface area contributed by atoms with Crippen LogP contribution in [0.4, 0.5) is 5.95 Å². The number of carbonyl (C=O) groups excluding carboxylic acids is 2. The topological polar surface area (TPSA) is 166 Å². The lowest BCUT2D eigenvalue weighted by Crippen LogP contribution is -2.35. The second-order valence-electron chi connectivity index (χ2n) is 10.0. The maximum absolute atomic E-state index is 13.7. The number of nitrogens with zero attached hydrogens (tertiary/aromatic N) is 4. The molecule has 0 unspecified atom stereocenters. The standard InChI is InChI=1S/C33H40N6O9S/c1-8-43-22-15-20(16-23(44-9-2)27(22)47-12-5)29(41)35-31-37-39(32-34-26(40)14-19(7)38(31)32)33(49)36-30(42)21-17-24(45-10-3)28(48-13-6)25(18-21)46-11-4/h14-18H,8-13H2,1-7H3,(H,35,37,41)(H,36,42,49). The van der Waals surface area contributed by atoms with Crippen molar-refractivity contribution < 1.29 is 38.0 Å². The number of rotatable bonds is 15. The van der Waals surface area contributed by atoms with Crippen LogP contribution in [0.25, 0.3) is 5.78 Å². The van der Waals surface area contributed by atoms with Gasteiger partial charge < -0.3 is 28.4 Å². The molecule has 0 spiro atoms. The number of anilines is 1. The van der Waals surface area contributed by atoms with Gasteiger partial charge in [0.1, 0.15) is 0 Å². The zero-order chi connectivity index (χ0) is 35.7. The third-order valence-corrected chi connectivity index (χ3v) is 6.95. The van der Waals surface area contributed by atoms with Gasteiger partial charge in [0.2, 0.25) is 28.3 Å². The van der Waals surface area contributed by atoms with Crippen LogP contribution in [0.2, 0.25) is 0 Å². The minimum absolute atomic E-state index is 0.0234. The van der Waals surface area contributed by atoms with Gasteiger partial charge in [0, 0.05) is 22.9 Å². The van der Waals surface area contributed by atoms with Crippen molar-refractivity contribution in [3.63, 3.8) is 0 Å². The predicted octanol–water partition coefficient (Wildman–Crippen LogP) is 4.41. The summed E-state index contributed by atoms with van der Waals surface area (Å²) in [5.41, 5.74) is 0.173. The van der Waals surface area contributed by atoms with Crippen LogP contribution in [0, 0.1) is 6.92 Å². The summed E-state index contributed by atoms with van der Waals surface area (Å²) < 4.78 is 37.0. The number of benzene rings is 2. The molecule has 0 aliphatic rings. The third-order valence-electron chi connectivity index (χ3n) is 6.67. The summed E-state index contributed by atoms with van der Waals surface area (Å²) in [6, 6.07) is 7.37. The molecule has 15 nitrogen and oxygen atoms in total. The zero-order valence-corrected chi connectivity index (χ0v) is 29.3.